The number of nitrogens with zero attached hydrogens (tertiary/aromatic N) is 1. The van der Waals surface area contributed by atoms with E-state index in [0.717, 1.165) is 43.4 Å². The van der Waals surface area contributed by atoms with Crippen molar-refractivity contribution in [2.24, 2.45) is 0 Å². The highest BCUT2D eigenvalue weighted by Crippen LogP contribution is 2.30. The molecular formula is C21H25ClN2O3S. The number of fused-ring (bicyclic) bond motifs is 1. The summed E-state index contributed by atoms with van der Waals surface area (Å²) in [4.78, 5) is 14.9. The maximum atomic E-state index is 12.9. The van der Waals surface area contributed by atoms with Gasteiger partial charge in [0.2, 0.25) is 10.0 Å². The summed E-state index contributed by atoms with van der Waals surface area (Å²) in [7, 11) is -3.54. The van der Waals surface area contributed by atoms with Crippen LogP contribution in [0.4, 0.5) is 5.69 Å². The molecule has 1 N–H and O–H groups in total. The highest BCUT2D eigenvalue weighted by Gasteiger charge is 2.25. The predicted octanol–water partition coefficient (Wildman–Crippen LogP) is 4.40. The van der Waals surface area contributed by atoms with Gasteiger partial charge in [-0.25, -0.2) is 13.1 Å². The number of sulfonamides is 1. The molecule has 28 heavy (non-hydrogen) atoms. The van der Waals surface area contributed by atoms with E-state index in [1.54, 1.807) is 47.4 Å². The minimum Gasteiger partial charge on any atom is -0.308 e. The number of carbonyl (C=O) groups excluding carboxylic acids is 1. The minimum atomic E-state index is -3.54. The Morgan fingerprint density at radius 1 is 1.14 bits per heavy atom. The molecule has 0 saturated heterocycles. The Morgan fingerprint density at radius 2 is 1.89 bits per heavy atom. The molecule has 0 radical (unpaired) electrons. The van der Waals surface area contributed by atoms with E-state index in [0.29, 0.717) is 23.7 Å². The van der Waals surface area contributed by atoms with Crippen LogP contribution in [0.25, 0.3) is 0 Å². The molecule has 1 aliphatic heterocycles. The van der Waals surface area contributed by atoms with Crippen LogP contribution in [0.2, 0.25) is 5.02 Å². The van der Waals surface area contributed by atoms with E-state index in [-0.39, 0.29) is 10.8 Å². The summed E-state index contributed by atoms with van der Waals surface area (Å²) in [6.45, 7) is 3.12. The zero-order chi connectivity index (χ0) is 20.1. The molecule has 0 saturated carbocycles. The fourth-order valence-corrected chi connectivity index (χ4v) is 4.62. The molecular weight excluding hydrogens is 396 g/mol. The van der Waals surface area contributed by atoms with Crippen molar-refractivity contribution in [1.29, 1.82) is 0 Å². The van der Waals surface area contributed by atoms with Crippen LogP contribution in [0.15, 0.2) is 47.4 Å². The van der Waals surface area contributed by atoms with Gasteiger partial charge in [-0.05, 0) is 67.3 Å². The van der Waals surface area contributed by atoms with Crippen molar-refractivity contribution in [3.63, 3.8) is 0 Å². The minimum absolute atomic E-state index is 0.106. The molecule has 0 bridgehead atoms. The largest absolute Gasteiger partial charge is 0.308 e. The van der Waals surface area contributed by atoms with Crippen LogP contribution in [0.3, 0.4) is 0 Å². The summed E-state index contributed by atoms with van der Waals surface area (Å²) >= 11 is 5.91. The summed E-state index contributed by atoms with van der Waals surface area (Å²) in [5.41, 5.74) is 2.22. The van der Waals surface area contributed by atoms with E-state index in [4.69, 9.17) is 11.6 Å². The smallest absolute Gasteiger partial charge is 0.258 e. The molecule has 2 aromatic rings. The van der Waals surface area contributed by atoms with E-state index in [9.17, 15) is 13.2 Å². The Balaban J connectivity index is 1.81. The number of aryl methyl sites for hydroxylation is 1. The summed E-state index contributed by atoms with van der Waals surface area (Å²) in [5.74, 6) is -0.106. The zero-order valence-corrected chi connectivity index (χ0v) is 17.5. The van der Waals surface area contributed by atoms with Crippen molar-refractivity contribution >= 4 is 33.2 Å². The first-order valence-electron chi connectivity index (χ1n) is 9.62. The number of benzene rings is 2. The molecule has 1 heterocycles. The highest BCUT2D eigenvalue weighted by atomic mass is 35.5. The van der Waals surface area contributed by atoms with Crippen LogP contribution in [0.5, 0.6) is 0 Å². The molecule has 5 nitrogen and oxygen atoms in total. The van der Waals surface area contributed by atoms with Gasteiger partial charge in [0.1, 0.15) is 0 Å². The van der Waals surface area contributed by atoms with Crippen molar-refractivity contribution in [2.75, 3.05) is 18.0 Å². The first-order chi connectivity index (χ1) is 13.4. The average Bonchev–Trinajstić information content (AvgIpc) is 2.70. The third-order valence-corrected chi connectivity index (χ3v) is 6.60. The summed E-state index contributed by atoms with van der Waals surface area (Å²) < 4.78 is 27.8. The molecule has 0 aromatic heterocycles. The third kappa shape index (κ3) is 4.74. The lowest BCUT2D eigenvalue weighted by atomic mass is 10.0. The molecule has 0 spiro atoms. The summed E-state index contributed by atoms with van der Waals surface area (Å²) in [6.07, 6.45) is 4.40. The van der Waals surface area contributed by atoms with Crippen LogP contribution >= 0.6 is 11.6 Å². The summed E-state index contributed by atoms with van der Waals surface area (Å²) in [5, 5.41) is 0.580. The van der Waals surface area contributed by atoms with Crippen molar-refractivity contribution < 1.29 is 13.2 Å². The number of halogens is 1. The molecule has 0 atom stereocenters. The van der Waals surface area contributed by atoms with Crippen molar-refractivity contribution in [3.8, 4) is 0 Å². The number of unbranched alkanes of at least 4 members (excludes halogenated alkanes) is 2. The molecule has 7 heteroatoms. The van der Waals surface area contributed by atoms with Crippen LogP contribution in [-0.4, -0.2) is 27.4 Å². The molecule has 0 aliphatic carbocycles. The van der Waals surface area contributed by atoms with Crippen LogP contribution in [-0.2, 0) is 16.4 Å². The number of rotatable bonds is 7. The molecule has 0 unspecified atom stereocenters. The molecule has 150 valence electrons. The van der Waals surface area contributed by atoms with Crippen LogP contribution < -0.4 is 9.62 Å². The van der Waals surface area contributed by atoms with Gasteiger partial charge in [-0.1, -0.05) is 31.4 Å². The van der Waals surface area contributed by atoms with Gasteiger partial charge in [-0.15, -0.1) is 0 Å². The topological polar surface area (TPSA) is 66.5 Å². The Kier molecular flexibility index (Phi) is 6.75. The van der Waals surface area contributed by atoms with Gasteiger partial charge in [0.25, 0.3) is 5.91 Å². The number of hydrogen-bond donors (Lipinski definition) is 1. The maximum absolute atomic E-state index is 12.9. The van der Waals surface area contributed by atoms with E-state index in [1.165, 1.54) is 0 Å². The maximum Gasteiger partial charge on any atom is 0.258 e. The number of amides is 1. The van der Waals surface area contributed by atoms with E-state index in [1.807, 2.05) is 0 Å². The second-order valence-corrected chi connectivity index (χ2v) is 9.17. The van der Waals surface area contributed by atoms with Crippen molar-refractivity contribution in [3.05, 3.63) is 58.6 Å². The van der Waals surface area contributed by atoms with Gasteiger partial charge in [-0.2, -0.15) is 0 Å². The normalized spacial score (nSPS) is 14.0. The lowest BCUT2D eigenvalue weighted by Gasteiger charge is -2.30. The molecule has 2 aromatic carbocycles. The van der Waals surface area contributed by atoms with E-state index < -0.39 is 10.0 Å². The monoisotopic (exact) mass is 420 g/mol. The average molecular weight is 421 g/mol. The Labute approximate surface area is 171 Å². The van der Waals surface area contributed by atoms with Crippen LogP contribution in [0.1, 0.15) is 48.5 Å². The van der Waals surface area contributed by atoms with Gasteiger partial charge in [0.15, 0.2) is 0 Å². The van der Waals surface area contributed by atoms with Gasteiger partial charge in [-0.3, -0.25) is 4.79 Å². The first-order valence-corrected chi connectivity index (χ1v) is 11.5. The molecule has 0 fully saturated rings. The number of hydrogen-bond acceptors (Lipinski definition) is 3. The lowest BCUT2D eigenvalue weighted by molar-refractivity contribution is 0.0985. The van der Waals surface area contributed by atoms with Gasteiger partial charge in [0, 0.05) is 29.4 Å². The SMILES string of the molecule is CCCCCNS(=O)(=O)c1ccc2c(c1)CCCN2C(=O)c1ccc(Cl)cc1. The predicted molar refractivity (Wildman–Crippen MR) is 113 cm³/mol. The van der Waals surface area contributed by atoms with Crippen molar-refractivity contribution in [2.45, 2.75) is 43.9 Å². The fourth-order valence-electron chi connectivity index (χ4n) is 3.36. The lowest BCUT2D eigenvalue weighted by Crippen LogP contribution is -2.35. The second-order valence-electron chi connectivity index (χ2n) is 6.96. The standard InChI is InChI=1S/C21H25ClN2O3S/c1-2-3-4-13-23-28(26,27)19-11-12-20-17(15-19)6-5-14-24(20)21(25)16-7-9-18(22)10-8-16/h7-12,15,23H,2-6,13-14H2,1H3. The van der Waals surface area contributed by atoms with Gasteiger partial charge < -0.3 is 4.90 Å². The fraction of sp³-hybridized carbons (Fsp3) is 0.381. The summed E-state index contributed by atoms with van der Waals surface area (Å²) in [6, 6.07) is 11.8. The van der Waals surface area contributed by atoms with E-state index >= 15 is 0 Å². The Morgan fingerprint density at radius 3 is 2.61 bits per heavy atom. The number of nitrogens with one attached hydrogen (secondary N) is 1. The molecule has 3 rings (SSSR count). The Hall–Kier alpha value is -1.89. The van der Waals surface area contributed by atoms with Gasteiger partial charge >= 0.3 is 0 Å². The van der Waals surface area contributed by atoms with Gasteiger partial charge in [0.05, 0.1) is 4.90 Å². The zero-order valence-electron chi connectivity index (χ0n) is 15.9. The van der Waals surface area contributed by atoms with E-state index in [2.05, 4.69) is 11.6 Å². The quantitative estimate of drug-likeness (QED) is 0.675. The third-order valence-electron chi connectivity index (χ3n) is 4.89. The second kappa shape index (κ2) is 9.07. The van der Waals surface area contributed by atoms with Crippen LogP contribution in [0, 0.1) is 0 Å². The number of carbonyl (C=O) groups is 1. The highest BCUT2D eigenvalue weighted by molar-refractivity contribution is 7.89. The van der Waals surface area contributed by atoms with Crippen molar-refractivity contribution in [1.82, 2.24) is 4.72 Å². The molecule has 1 aliphatic rings. The number of anilines is 1. The Bertz CT molecular complexity index is 943. The first kappa shape index (κ1) is 20.8. The molecule has 1 amide bonds.